The summed E-state index contributed by atoms with van der Waals surface area (Å²) < 4.78 is 30.1. The average Bonchev–Trinajstić information content (AvgIpc) is 2.62. The molecule has 0 fully saturated rings. The van der Waals surface area contributed by atoms with Crippen molar-refractivity contribution in [3.8, 4) is 5.75 Å². The molecule has 2 amide bonds. The second-order valence-electron chi connectivity index (χ2n) is 6.77. The minimum atomic E-state index is -2.94. The van der Waals surface area contributed by atoms with Crippen molar-refractivity contribution in [1.29, 1.82) is 0 Å². The molecule has 0 heterocycles. The molecular weight excluding hydrogens is 366 g/mol. The van der Waals surface area contributed by atoms with Gasteiger partial charge < -0.3 is 15.4 Å². The third-order valence-electron chi connectivity index (χ3n) is 4.09. The molecule has 0 spiro atoms. The first-order valence-corrected chi connectivity index (χ1v) is 8.96. The number of carbonyl (C=O) groups excluding carboxylic acids is 2. The van der Waals surface area contributed by atoms with Crippen molar-refractivity contribution < 1.29 is 23.1 Å². The van der Waals surface area contributed by atoms with Crippen LogP contribution in [0.25, 0.3) is 0 Å². The molecule has 2 aromatic rings. The third kappa shape index (κ3) is 6.33. The molecule has 0 aromatic heterocycles. The SMILES string of the molecule is CC(=O)NC(C(=O)Nc1ccc(OC(F)F)c(Cc2ccccc2)c1)C(C)C. The van der Waals surface area contributed by atoms with Gasteiger partial charge in [0.2, 0.25) is 11.8 Å². The van der Waals surface area contributed by atoms with E-state index < -0.39 is 12.7 Å². The van der Waals surface area contributed by atoms with E-state index in [9.17, 15) is 18.4 Å². The molecule has 0 aliphatic carbocycles. The lowest BCUT2D eigenvalue weighted by atomic mass is 10.0. The van der Waals surface area contributed by atoms with Crippen molar-refractivity contribution in [3.05, 3.63) is 59.7 Å². The van der Waals surface area contributed by atoms with E-state index in [1.165, 1.54) is 19.1 Å². The number of hydrogen-bond acceptors (Lipinski definition) is 3. The molecule has 0 bridgehead atoms. The normalized spacial score (nSPS) is 12.0. The van der Waals surface area contributed by atoms with Crippen molar-refractivity contribution >= 4 is 17.5 Å². The number of ether oxygens (including phenoxy) is 1. The average molecular weight is 390 g/mol. The van der Waals surface area contributed by atoms with Crippen LogP contribution in [0.1, 0.15) is 31.9 Å². The van der Waals surface area contributed by atoms with E-state index in [4.69, 9.17) is 0 Å². The maximum absolute atomic E-state index is 12.7. The van der Waals surface area contributed by atoms with Gasteiger partial charge in [-0.25, -0.2) is 0 Å². The molecule has 0 saturated carbocycles. The van der Waals surface area contributed by atoms with E-state index in [2.05, 4.69) is 15.4 Å². The predicted octanol–water partition coefficient (Wildman–Crippen LogP) is 3.98. The Morgan fingerprint density at radius 3 is 2.32 bits per heavy atom. The highest BCUT2D eigenvalue weighted by Crippen LogP contribution is 2.27. The van der Waals surface area contributed by atoms with Gasteiger partial charge in [-0.1, -0.05) is 44.2 Å². The predicted molar refractivity (Wildman–Crippen MR) is 103 cm³/mol. The maximum Gasteiger partial charge on any atom is 0.387 e. The highest BCUT2D eigenvalue weighted by molar-refractivity contribution is 5.97. The quantitative estimate of drug-likeness (QED) is 0.717. The molecule has 28 heavy (non-hydrogen) atoms. The van der Waals surface area contributed by atoms with Gasteiger partial charge in [-0.05, 0) is 29.7 Å². The van der Waals surface area contributed by atoms with Crippen LogP contribution in [0.15, 0.2) is 48.5 Å². The van der Waals surface area contributed by atoms with Gasteiger partial charge in [0.05, 0.1) is 0 Å². The zero-order chi connectivity index (χ0) is 20.7. The lowest BCUT2D eigenvalue weighted by Crippen LogP contribution is -2.46. The minimum Gasteiger partial charge on any atom is -0.435 e. The number of nitrogens with one attached hydrogen (secondary N) is 2. The first-order chi connectivity index (χ1) is 13.3. The lowest BCUT2D eigenvalue weighted by Gasteiger charge is -2.21. The van der Waals surface area contributed by atoms with Gasteiger partial charge in [0.15, 0.2) is 0 Å². The zero-order valence-corrected chi connectivity index (χ0v) is 16.0. The summed E-state index contributed by atoms with van der Waals surface area (Å²) in [6.07, 6.45) is 0.367. The van der Waals surface area contributed by atoms with Crippen LogP contribution in [-0.2, 0) is 16.0 Å². The molecule has 0 aliphatic heterocycles. The molecule has 5 nitrogen and oxygen atoms in total. The number of carbonyl (C=O) groups is 2. The number of hydrogen-bond donors (Lipinski definition) is 2. The van der Waals surface area contributed by atoms with E-state index in [0.717, 1.165) is 5.56 Å². The summed E-state index contributed by atoms with van der Waals surface area (Å²) in [5.41, 5.74) is 1.88. The van der Waals surface area contributed by atoms with Crippen LogP contribution in [0.4, 0.5) is 14.5 Å². The van der Waals surface area contributed by atoms with Crippen molar-refractivity contribution in [1.82, 2.24) is 5.32 Å². The van der Waals surface area contributed by atoms with Gasteiger partial charge in [0, 0.05) is 24.6 Å². The summed E-state index contributed by atoms with van der Waals surface area (Å²) >= 11 is 0. The number of halogens is 2. The topological polar surface area (TPSA) is 67.4 Å². The number of anilines is 1. The van der Waals surface area contributed by atoms with Crippen molar-refractivity contribution in [3.63, 3.8) is 0 Å². The molecule has 1 unspecified atom stereocenters. The van der Waals surface area contributed by atoms with E-state index >= 15 is 0 Å². The molecular formula is C21H24F2N2O3. The maximum atomic E-state index is 12.7. The smallest absolute Gasteiger partial charge is 0.387 e. The Morgan fingerprint density at radius 1 is 1.07 bits per heavy atom. The van der Waals surface area contributed by atoms with Gasteiger partial charge in [0.25, 0.3) is 0 Å². The molecule has 150 valence electrons. The standard InChI is InChI=1S/C21H24F2N2O3/c1-13(2)19(24-14(3)26)20(27)25-17-9-10-18(28-21(22)23)16(12-17)11-15-7-5-4-6-8-15/h4-10,12-13,19,21H,11H2,1-3H3,(H,24,26)(H,25,27). The lowest BCUT2D eigenvalue weighted by molar-refractivity contribution is -0.126. The second kappa shape index (κ2) is 9.82. The Hall–Kier alpha value is -2.96. The third-order valence-corrected chi connectivity index (χ3v) is 4.09. The van der Waals surface area contributed by atoms with Crippen LogP contribution in [0.2, 0.25) is 0 Å². The summed E-state index contributed by atoms with van der Waals surface area (Å²) in [6, 6.07) is 13.1. The molecule has 1 atom stereocenters. The molecule has 2 rings (SSSR count). The largest absolute Gasteiger partial charge is 0.435 e. The fourth-order valence-electron chi connectivity index (χ4n) is 2.80. The Labute approximate surface area is 163 Å². The van der Waals surface area contributed by atoms with Crippen LogP contribution in [0.5, 0.6) is 5.75 Å². The van der Waals surface area contributed by atoms with Crippen molar-refractivity contribution in [2.75, 3.05) is 5.32 Å². The molecule has 0 radical (unpaired) electrons. The minimum absolute atomic E-state index is 0.0547. The monoisotopic (exact) mass is 390 g/mol. The summed E-state index contributed by atoms with van der Waals surface area (Å²) in [7, 11) is 0. The van der Waals surface area contributed by atoms with Crippen LogP contribution >= 0.6 is 0 Å². The van der Waals surface area contributed by atoms with E-state index in [1.807, 2.05) is 44.2 Å². The Morgan fingerprint density at radius 2 is 1.75 bits per heavy atom. The van der Waals surface area contributed by atoms with Crippen molar-refractivity contribution in [2.45, 2.75) is 39.8 Å². The van der Waals surface area contributed by atoms with Gasteiger partial charge in [0.1, 0.15) is 11.8 Å². The molecule has 7 heteroatoms. The van der Waals surface area contributed by atoms with Crippen LogP contribution < -0.4 is 15.4 Å². The molecule has 2 N–H and O–H groups in total. The van der Waals surface area contributed by atoms with Crippen molar-refractivity contribution in [2.24, 2.45) is 5.92 Å². The first-order valence-electron chi connectivity index (χ1n) is 8.96. The summed E-state index contributed by atoms with van der Waals surface area (Å²) in [5, 5.41) is 5.36. The van der Waals surface area contributed by atoms with E-state index in [1.54, 1.807) is 6.07 Å². The Kier molecular flexibility index (Phi) is 7.49. The summed E-state index contributed by atoms with van der Waals surface area (Å²) in [5.74, 6) is -0.745. The van der Waals surface area contributed by atoms with Crippen LogP contribution in [0.3, 0.4) is 0 Å². The Balaban J connectivity index is 2.26. The summed E-state index contributed by atoms with van der Waals surface area (Å²) in [4.78, 5) is 23.9. The molecule has 2 aromatic carbocycles. The number of benzene rings is 2. The van der Waals surface area contributed by atoms with Gasteiger partial charge in [-0.15, -0.1) is 0 Å². The van der Waals surface area contributed by atoms with Crippen LogP contribution in [0, 0.1) is 5.92 Å². The van der Waals surface area contributed by atoms with Gasteiger partial charge >= 0.3 is 6.61 Å². The van der Waals surface area contributed by atoms with Gasteiger partial charge in [-0.2, -0.15) is 8.78 Å². The number of rotatable bonds is 8. The highest BCUT2D eigenvalue weighted by Gasteiger charge is 2.23. The Bertz CT molecular complexity index is 811. The second-order valence-corrected chi connectivity index (χ2v) is 6.77. The fourth-order valence-corrected chi connectivity index (χ4v) is 2.80. The first kappa shape index (κ1) is 21.3. The van der Waals surface area contributed by atoms with Crippen LogP contribution in [-0.4, -0.2) is 24.5 Å². The highest BCUT2D eigenvalue weighted by atomic mass is 19.3. The molecule has 0 saturated heterocycles. The zero-order valence-electron chi connectivity index (χ0n) is 16.0. The van der Waals surface area contributed by atoms with Gasteiger partial charge in [-0.3, -0.25) is 9.59 Å². The number of amides is 2. The van der Waals surface area contributed by atoms with E-state index in [0.29, 0.717) is 17.7 Å². The summed E-state index contributed by atoms with van der Waals surface area (Å²) in [6.45, 7) is 2.04. The van der Waals surface area contributed by atoms with E-state index in [-0.39, 0.29) is 23.5 Å². The molecule has 0 aliphatic rings. The fraction of sp³-hybridized carbons (Fsp3) is 0.333. The number of alkyl halides is 2.